The molecule has 1 N–H and O–H groups in total. The number of esters is 1. The summed E-state index contributed by atoms with van der Waals surface area (Å²) in [6, 6.07) is 6.80. The van der Waals surface area contributed by atoms with E-state index in [-0.39, 0.29) is 11.8 Å². The Morgan fingerprint density at radius 3 is 1.84 bits per heavy atom. The highest BCUT2D eigenvalue weighted by Gasteiger charge is 2.41. The number of aryl methyl sites for hydroxylation is 2. The molecule has 2 atom stereocenters. The van der Waals surface area contributed by atoms with E-state index >= 15 is 0 Å². The number of carbonyl (C=O) groups is 2. The van der Waals surface area contributed by atoms with Gasteiger partial charge in [-0.15, -0.1) is 0 Å². The molecule has 6 nitrogen and oxygen atoms in total. The van der Waals surface area contributed by atoms with Crippen LogP contribution in [-0.2, 0) is 38.5 Å². The molecule has 0 bridgehead atoms. The average molecular weight is 748 g/mol. The lowest BCUT2D eigenvalue weighted by Gasteiger charge is -2.32. The Labute approximate surface area is 298 Å². The van der Waals surface area contributed by atoms with Gasteiger partial charge in [0.05, 0.1) is 35.5 Å². The number of nitrogens with zero attached hydrogens (tertiary/aromatic N) is 2. The van der Waals surface area contributed by atoms with Crippen molar-refractivity contribution >= 4 is 27.0 Å². The maximum absolute atomic E-state index is 14.0. The van der Waals surface area contributed by atoms with Gasteiger partial charge < -0.3 is 9.64 Å². The first-order valence-corrected chi connectivity index (χ1v) is 17.0. The van der Waals surface area contributed by atoms with Crippen LogP contribution in [0.3, 0.4) is 0 Å². The maximum Gasteiger partial charge on any atom is 0.416 e. The predicted octanol–water partition coefficient (Wildman–Crippen LogP) is 10.3. The molecule has 284 valence electrons. The number of alkyl halides is 6. The molecule has 0 saturated heterocycles. The van der Waals surface area contributed by atoms with Gasteiger partial charge in [0, 0.05) is 18.3 Å². The molecular formula is C37H49F7N3O3P. The van der Waals surface area contributed by atoms with Crippen LogP contribution >= 0.6 is 9.39 Å². The second-order valence-electron chi connectivity index (χ2n) is 12.5. The smallest absolute Gasteiger partial charge is 0.416 e. The summed E-state index contributed by atoms with van der Waals surface area (Å²) in [6.07, 6.45) is -6.30. The van der Waals surface area contributed by atoms with Crippen molar-refractivity contribution in [1.82, 2.24) is 10.1 Å². The molecule has 14 heteroatoms. The van der Waals surface area contributed by atoms with E-state index in [4.69, 9.17) is 4.74 Å². The van der Waals surface area contributed by atoms with E-state index in [2.05, 4.69) is 33.3 Å². The monoisotopic (exact) mass is 747 g/mol. The Hall–Kier alpha value is -3.57. The molecule has 1 amide bonds. The standard InChI is InChI=1S/C32H35F7N3O3P.C3H8.C2H6/c1-18-12-22(33)9-10-24(18)25-16-23(8-7-11-30(4,41-46)28(44)45-6)40-17-26(25)42(5)27(43)29(2,3)19-13-20(31(34,35)36)15-21(14-19)32(37,38)39;1-3-2;1-2/h9-10,12-17,41H,7-8,11,46H2,1-6H3;3H2,1-2H3;1-2H3. The first-order chi connectivity index (χ1) is 23.6. The SMILES string of the molecule is CC.CCC.COC(=O)C(C)(CCCc1cc(-c2ccc(F)cc2C)c(N(C)C(=O)C(C)(C)c2cc(C(F)(F)F)cc(C(F)(F)F)c2)cn1)NP. The zero-order valence-corrected chi connectivity index (χ0v) is 31.9. The number of likely N-dealkylation sites (N-methyl/N-ethyl adjacent to an activating group) is 1. The molecule has 0 aliphatic carbocycles. The van der Waals surface area contributed by atoms with Crippen LogP contribution in [0.2, 0.25) is 0 Å². The molecule has 1 heterocycles. The predicted molar refractivity (Wildman–Crippen MR) is 191 cm³/mol. The molecule has 2 unspecified atom stereocenters. The van der Waals surface area contributed by atoms with Gasteiger partial charge in [-0.3, -0.25) is 19.7 Å². The zero-order chi connectivity index (χ0) is 39.5. The topological polar surface area (TPSA) is 71.5 Å². The van der Waals surface area contributed by atoms with Crippen molar-refractivity contribution in [3.8, 4) is 11.1 Å². The van der Waals surface area contributed by atoms with E-state index in [1.165, 1.54) is 58.8 Å². The Morgan fingerprint density at radius 2 is 1.39 bits per heavy atom. The lowest BCUT2D eigenvalue weighted by Crippen LogP contribution is -2.45. The van der Waals surface area contributed by atoms with Gasteiger partial charge in [0.15, 0.2) is 0 Å². The van der Waals surface area contributed by atoms with Crippen LogP contribution < -0.4 is 9.99 Å². The maximum atomic E-state index is 14.0. The Morgan fingerprint density at radius 1 is 0.882 bits per heavy atom. The van der Waals surface area contributed by atoms with Crippen molar-refractivity contribution < 1.29 is 45.1 Å². The van der Waals surface area contributed by atoms with Crippen LogP contribution in [-0.4, -0.2) is 36.6 Å². The Kier molecular flexibility index (Phi) is 16.7. The van der Waals surface area contributed by atoms with Crippen LogP contribution in [0.1, 0.15) is 95.7 Å². The number of amides is 1. The van der Waals surface area contributed by atoms with Gasteiger partial charge in [-0.2, -0.15) is 26.3 Å². The van der Waals surface area contributed by atoms with Gasteiger partial charge in [-0.25, -0.2) is 4.39 Å². The van der Waals surface area contributed by atoms with Crippen molar-refractivity contribution in [2.45, 2.75) is 104 Å². The quantitative estimate of drug-likeness (QED) is 0.127. The number of rotatable bonds is 10. The summed E-state index contributed by atoms with van der Waals surface area (Å²) >= 11 is 0. The van der Waals surface area contributed by atoms with Crippen LogP contribution in [0.5, 0.6) is 0 Å². The largest absolute Gasteiger partial charge is 0.468 e. The van der Waals surface area contributed by atoms with E-state index < -0.39 is 57.7 Å². The third kappa shape index (κ3) is 11.7. The lowest BCUT2D eigenvalue weighted by molar-refractivity contribution is -0.147. The number of pyridine rings is 1. The van der Waals surface area contributed by atoms with Gasteiger partial charge in [0.25, 0.3) is 0 Å². The second kappa shape index (κ2) is 18.8. The number of carbonyl (C=O) groups excluding carboxylic acids is 2. The van der Waals surface area contributed by atoms with Crippen LogP contribution in [0.4, 0.5) is 36.4 Å². The minimum Gasteiger partial charge on any atom is -0.468 e. The van der Waals surface area contributed by atoms with Crippen molar-refractivity contribution in [3.05, 3.63) is 82.4 Å². The van der Waals surface area contributed by atoms with E-state index in [0.717, 1.165) is 4.90 Å². The molecule has 0 aliphatic rings. The molecule has 1 aromatic heterocycles. The Balaban J connectivity index is 0.00000246. The van der Waals surface area contributed by atoms with Crippen molar-refractivity contribution in [2.75, 3.05) is 19.1 Å². The number of halogens is 7. The van der Waals surface area contributed by atoms with Gasteiger partial charge in [-0.1, -0.05) is 49.6 Å². The lowest BCUT2D eigenvalue weighted by atomic mass is 9.81. The second-order valence-corrected chi connectivity index (χ2v) is 12.8. The summed E-state index contributed by atoms with van der Waals surface area (Å²) in [4.78, 5) is 31.7. The summed E-state index contributed by atoms with van der Waals surface area (Å²) in [7, 11) is 4.91. The highest BCUT2D eigenvalue weighted by atomic mass is 31.0. The van der Waals surface area contributed by atoms with Crippen LogP contribution in [0.15, 0.2) is 48.7 Å². The number of aromatic nitrogens is 1. The fraction of sp³-hybridized carbons (Fsp3) is 0.486. The molecule has 0 aliphatic heterocycles. The summed E-state index contributed by atoms with van der Waals surface area (Å²) < 4.78 is 100. The average Bonchev–Trinajstić information content (AvgIpc) is 3.07. The number of methoxy groups -OCH3 is 1. The molecule has 0 radical (unpaired) electrons. The summed E-state index contributed by atoms with van der Waals surface area (Å²) in [5.41, 5.74) is -4.14. The molecular weight excluding hydrogens is 698 g/mol. The third-order valence-electron chi connectivity index (χ3n) is 7.99. The van der Waals surface area contributed by atoms with Gasteiger partial charge in [-0.05, 0) is 100 Å². The molecule has 0 spiro atoms. The Bertz CT molecular complexity index is 1600. The van der Waals surface area contributed by atoms with Crippen molar-refractivity contribution in [2.24, 2.45) is 0 Å². The van der Waals surface area contributed by atoms with E-state index in [9.17, 15) is 40.3 Å². The summed E-state index contributed by atoms with van der Waals surface area (Å²) in [6.45, 7) is 14.1. The summed E-state index contributed by atoms with van der Waals surface area (Å²) in [5, 5.41) is 2.87. The number of ether oxygens (including phenoxy) is 1. The van der Waals surface area contributed by atoms with Gasteiger partial charge >= 0.3 is 18.3 Å². The fourth-order valence-corrected chi connectivity index (χ4v) is 5.35. The zero-order valence-electron chi connectivity index (χ0n) is 30.8. The number of benzene rings is 2. The van der Waals surface area contributed by atoms with Crippen molar-refractivity contribution in [1.29, 1.82) is 0 Å². The van der Waals surface area contributed by atoms with E-state index in [1.807, 2.05) is 13.8 Å². The minimum atomic E-state index is -5.09. The molecule has 2 aromatic carbocycles. The molecule has 3 aromatic rings. The van der Waals surface area contributed by atoms with Crippen LogP contribution in [0, 0.1) is 12.7 Å². The third-order valence-corrected chi connectivity index (χ3v) is 8.63. The first-order valence-electron chi connectivity index (χ1n) is 16.5. The van der Waals surface area contributed by atoms with Gasteiger partial charge in [0.1, 0.15) is 11.4 Å². The van der Waals surface area contributed by atoms with Crippen molar-refractivity contribution in [3.63, 3.8) is 0 Å². The molecule has 0 fully saturated rings. The molecule has 0 saturated carbocycles. The van der Waals surface area contributed by atoms with Crippen LogP contribution in [0.25, 0.3) is 11.1 Å². The number of nitrogens with one attached hydrogen (secondary N) is 1. The van der Waals surface area contributed by atoms with E-state index in [0.29, 0.717) is 53.8 Å². The van der Waals surface area contributed by atoms with Gasteiger partial charge in [0.2, 0.25) is 5.91 Å². The minimum absolute atomic E-state index is 0.00893. The summed E-state index contributed by atoms with van der Waals surface area (Å²) in [5.74, 6) is -1.77. The number of anilines is 1. The molecule has 51 heavy (non-hydrogen) atoms. The normalized spacial score (nSPS) is 12.8. The number of hydrogen-bond donors (Lipinski definition) is 1. The first kappa shape index (κ1) is 45.5. The van der Waals surface area contributed by atoms with E-state index in [1.54, 1.807) is 19.9 Å². The highest BCUT2D eigenvalue weighted by Crippen LogP contribution is 2.41. The number of hydrogen-bond acceptors (Lipinski definition) is 5. The fourth-order valence-electron chi connectivity index (χ4n) is 5.09. The molecule has 3 rings (SSSR count). The highest BCUT2D eigenvalue weighted by molar-refractivity contribution is 7.13.